The maximum absolute atomic E-state index is 2.51. The lowest BCUT2D eigenvalue weighted by Crippen LogP contribution is -2.39. The topological polar surface area (TPSA) is 6.48 Å². The van der Waals surface area contributed by atoms with Gasteiger partial charge >= 0.3 is 0 Å². The average Bonchev–Trinajstić information content (AvgIpc) is 3.90. The van der Waals surface area contributed by atoms with Crippen molar-refractivity contribution in [3.63, 3.8) is 0 Å². The van der Waals surface area contributed by atoms with Crippen LogP contribution >= 0.6 is 11.3 Å². The number of nitrogens with zero attached hydrogens (tertiary/aromatic N) is 2. The molecule has 2 nitrogen and oxygen atoms in total. The van der Waals surface area contributed by atoms with E-state index in [4.69, 9.17) is 0 Å². The lowest BCUT2D eigenvalue weighted by molar-refractivity contribution is 0.551. The minimum absolute atomic E-state index is 0.0446. The van der Waals surface area contributed by atoms with E-state index in [9.17, 15) is 0 Å². The van der Waals surface area contributed by atoms with Gasteiger partial charge in [-0.25, -0.2) is 0 Å². The van der Waals surface area contributed by atoms with Gasteiger partial charge in [0.05, 0.1) is 16.4 Å². The Labute approximate surface area is 362 Å². The Bertz CT molecular complexity index is 3230. The van der Waals surface area contributed by atoms with E-state index in [2.05, 4.69) is 237 Å². The van der Waals surface area contributed by atoms with Crippen molar-refractivity contribution in [2.24, 2.45) is 0 Å². The Kier molecular flexibility index (Phi) is 7.98. The van der Waals surface area contributed by atoms with E-state index < -0.39 is 0 Å². The summed E-state index contributed by atoms with van der Waals surface area (Å²) >= 11 is 1.94. The van der Waals surface area contributed by atoms with Gasteiger partial charge < -0.3 is 9.80 Å². The van der Waals surface area contributed by atoms with Gasteiger partial charge in [0.2, 0.25) is 0 Å². The van der Waals surface area contributed by atoms with Gasteiger partial charge in [-0.1, -0.05) is 166 Å². The molecule has 3 heteroatoms. The molecule has 0 bridgehead atoms. The molecular weight excluding hydrogens is 757 g/mol. The lowest BCUT2D eigenvalue weighted by Gasteiger charge is -2.34. The number of benzene rings is 8. The van der Waals surface area contributed by atoms with Gasteiger partial charge in [-0.2, -0.15) is 0 Å². The molecular formula is C58H44N2S. The van der Waals surface area contributed by atoms with Crippen LogP contribution in [-0.4, -0.2) is 6.04 Å². The highest BCUT2D eigenvalue weighted by molar-refractivity contribution is 7.27. The Morgan fingerprint density at radius 1 is 0.508 bits per heavy atom. The van der Waals surface area contributed by atoms with Gasteiger partial charge in [0.25, 0.3) is 0 Å². The quantitative estimate of drug-likeness (QED) is 0.165. The third-order valence-corrected chi connectivity index (χ3v) is 15.0. The first-order valence-electron chi connectivity index (χ1n) is 21.4. The number of para-hydroxylation sites is 1. The maximum atomic E-state index is 2.51. The van der Waals surface area contributed by atoms with Crippen LogP contribution in [0.2, 0.25) is 0 Å². The van der Waals surface area contributed by atoms with Gasteiger partial charge in [-0.15, -0.1) is 11.3 Å². The molecule has 3 aliphatic rings. The second kappa shape index (κ2) is 13.5. The normalized spacial score (nSPS) is 18.0. The van der Waals surface area contributed by atoms with Crippen molar-refractivity contribution in [3.05, 3.63) is 223 Å². The summed E-state index contributed by atoms with van der Waals surface area (Å²) in [7, 11) is 0. The molecule has 1 aromatic heterocycles. The molecule has 12 rings (SSSR count). The molecule has 0 fully saturated rings. The van der Waals surface area contributed by atoms with E-state index in [1.165, 1.54) is 87.3 Å². The van der Waals surface area contributed by atoms with Gasteiger partial charge in [0.1, 0.15) is 0 Å². The molecule has 0 spiro atoms. The first-order valence-corrected chi connectivity index (χ1v) is 22.2. The summed E-state index contributed by atoms with van der Waals surface area (Å²) in [6.07, 6.45) is 9.14. The zero-order valence-corrected chi connectivity index (χ0v) is 35.3. The van der Waals surface area contributed by atoms with Crippen LogP contribution in [0.4, 0.5) is 28.4 Å². The highest BCUT2D eigenvalue weighted by Crippen LogP contribution is 2.56. The monoisotopic (exact) mass is 800 g/mol. The smallest absolute Gasteiger partial charge is 0.0655 e. The third-order valence-electron chi connectivity index (χ3n) is 13.7. The fourth-order valence-electron chi connectivity index (χ4n) is 10.6. The van der Waals surface area contributed by atoms with E-state index in [1.54, 1.807) is 0 Å². The largest absolute Gasteiger partial charge is 0.333 e. The van der Waals surface area contributed by atoms with Crippen LogP contribution in [-0.2, 0) is 10.8 Å². The fraction of sp³-hybridized carbons (Fsp3) is 0.103. The minimum atomic E-state index is -0.139. The van der Waals surface area contributed by atoms with E-state index in [0.29, 0.717) is 0 Å². The number of hydrogen-bond donors (Lipinski definition) is 0. The summed E-state index contributed by atoms with van der Waals surface area (Å²) < 4.78 is 2.66. The Morgan fingerprint density at radius 2 is 1.15 bits per heavy atom. The number of fused-ring (bicyclic) bond motifs is 10. The van der Waals surface area contributed by atoms with Crippen molar-refractivity contribution in [2.75, 3.05) is 9.80 Å². The minimum Gasteiger partial charge on any atom is -0.333 e. The first kappa shape index (κ1) is 36.0. The van der Waals surface area contributed by atoms with Gasteiger partial charge in [0, 0.05) is 54.6 Å². The van der Waals surface area contributed by atoms with Crippen molar-refractivity contribution in [1.29, 1.82) is 0 Å². The van der Waals surface area contributed by atoms with Crippen LogP contribution in [0.15, 0.2) is 206 Å². The molecule has 0 saturated heterocycles. The Balaban J connectivity index is 0.990. The molecule has 8 aromatic carbocycles. The molecule has 9 aromatic rings. The highest BCUT2D eigenvalue weighted by atomic mass is 32.1. The van der Waals surface area contributed by atoms with Crippen molar-refractivity contribution < 1.29 is 0 Å². The summed E-state index contributed by atoms with van der Waals surface area (Å²) in [5, 5.41) is 2.62. The van der Waals surface area contributed by atoms with E-state index >= 15 is 0 Å². The zero-order chi connectivity index (χ0) is 40.9. The van der Waals surface area contributed by atoms with E-state index in [1.807, 2.05) is 11.3 Å². The molecule has 2 heterocycles. The predicted molar refractivity (Wildman–Crippen MR) is 260 cm³/mol. The van der Waals surface area contributed by atoms with E-state index in [-0.39, 0.29) is 16.9 Å². The van der Waals surface area contributed by atoms with Crippen molar-refractivity contribution >= 4 is 59.9 Å². The van der Waals surface area contributed by atoms with Crippen LogP contribution in [0.5, 0.6) is 0 Å². The molecule has 292 valence electrons. The lowest BCUT2D eigenvalue weighted by atomic mass is 9.75. The Hall–Kier alpha value is -6.94. The summed E-state index contributed by atoms with van der Waals surface area (Å²) in [6, 6.07) is 67.7. The number of thiophene rings is 1. The molecule has 0 amide bonds. The van der Waals surface area contributed by atoms with Crippen molar-refractivity contribution in [2.45, 2.75) is 37.6 Å². The number of allylic oxidation sites excluding steroid dienone is 2. The van der Waals surface area contributed by atoms with Crippen molar-refractivity contribution in [1.82, 2.24) is 0 Å². The Morgan fingerprint density at radius 3 is 1.90 bits per heavy atom. The summed E-state index contributed by atoms with van der Waals surface area (Å²) in [6.45, 7) is 7.13. The van der Waals surface area contributed by atoms with Crippen LogP contribution in [0.25, 0.3) is 53.6 Å². The SMILES string of the molecule is CC1(C)c2ccccc2-c2c1ccc1c2sc2c(N(c3ccc(-c4ccccc4)cc3)c3ccc(-c4ccc5c(c4)C4(C)C=CC=CC4N5c4ccccc4)cc3)cccc21. The van der Waals surface area contributed by atoms with Crippen LogP contribution in [0, 0.1) is 0 Å². The molecule has 0 N–H and O–H groups in total. The summed E-state index contributed by atoms with van der Waals surface area (Å²) in [4.78, 5) is 4.96. The number of rotatable bonds is 6. The second-order valence-corrected chi connectivity index (χ2v) is 18.5. The molecule has 61 heavy (non-hydrogen) atoms. The van der Waals surface area contributed by atoms with Crippen LogP contribution < -0.4 is 9.80 Å². The first-order chi connectivity index (χ1) is 29.9. The number of hydrogen-bond acceptors (Lipinski definition) is 3. The standard InChI is InChI=1S/C58H44N2S/c1-57(2)48-21-11-10-19-47(48)54-49(57)34-33-46-45-20-14-22-52(55(45)61-56(46)54)59(43-29-24-39(25-30-43)38-15-6-4-7-16-38)44-31-26-40(27-32-44)41-28-35-51-50(37-41)58(3)36-13-12-23-53(58)60(51)42-17-8-5-9-18-42/h4-37,53H,1-3H3. The molecule has 0 radical (unpaired) electrons. The molecule has 2 aliphatic carbocycles. The molecule has 0 saturated carbocycles. The molecule has 1 aliphatic heterocycles. The summed E-state index contributed by atoms with van der Waals surface area (Å²) in [5.74, 6) is 0. The third kappa shape index (κ3) is 5.40. The van der Waals surface area contributed by atoms with Crippen molar-refractivity contribution in [3.8, 4) is 33.4 Å². The average molecular weight is 801 g/mol. The fourth-order valence-corrected chi connectivity index (χ4v) is 12.0. The van der Waals surface area contributed by atoms with Crippen LogP contribution in [0.3, 0.4) is 0 Å². The molecule has 2 unspecified atom stereocenters. The van der Waals surface area contributed by atoms with Gasteiger partial charge in [-0.3, -0.25) is 0 Å². The predicted octanol–water partition coefficient (Wildman–Crippen LogP) is 16.1. The highest BCUT2D eigenvalue weighted by Gasteiger charge is 2.46. The van der Waals surface area contributed by atoms with Gasteiger partial charge in [-0.05, 0) is 106 Å². The number of anilines is 5. The van der Waals surface area contributed by atoms with Gasteiger partial charge in [0.15, 0.2) is 0 Å². The zero-order valence-electron chi connectivity index (χ0n) is 34.5. The summed E-state index contributed by atoms with van der Waals surface area (Å²) in [5.41, 5.74) is 17.6. The maximum Gasteiger partial charge on any atom is 0.0655 e. The van der Waals surface area contributed by atoms with E-state index in [0.717, 1.165) is 11.4 Å². The second-order valence-electron chi connectivity index (χ2n) is 17.5. The molecule has 2 atom stereocenters. The van der Waals surface area contributed by atoms with Crippen LogP contribution in [0.1, 0.15) is 37.5 Å².